The Morgan fingerprint density at radius 1 is 0.892 bits per heavy atom. The second kappa shape index (κ2) is 10.2. The Kier molecular flexibility index (Phi) is 7.00. The molecule has 3 aliphatic rings. The molecule has 3 amide bonds. The zero-order valence-electron chi connectivity index (χ0n) is 21.4. The van der Waals surface area contributed by atoms with Crippen molar-refractivity contribution in [3.63, 3.8) is 0 Å². The molecule has 3 saturated heterocycles. The summed E-state index contributed by atoms with van der Waals surface area (Å²) in [7, 11) is 2.02. The molecule has 1 spiro atoms. The van der Waals surface area contributed by atoms with Gasteiger partial charge >= 0.3 is 0 Å². The number of likely N-dealkylation sites (N-methyl/N-ethyl adjacent to an activating group) is 1. The zero-order valence-corrected chi connectivity index (χ0v) is 21.4. The van der Waals surface area contributed by atoms with E-state index in [1.165, 1.54) is 23.1 Å². The first-order chi connectivity index (χ1) is 17.8. The maximum Gasteiger partial charge on any atom is 0.256 e. The van der Waals surface area contributed by atoms with Crippen LogP contribution in [0.3, 0.4) is 0 Å². The smallest absolute Gasteiger partial charge is 0.256 e. The third-order valence-electron chi connectivity index (χ3n) is 7.86. The standard InChI is InChI=1S/C28H33FN4O4/c1-20-6-3-4-9-23(20)26(35)31-12-10-28(11-13-31)33(25(34)21-7-5-8-22(29)18-21)24(19-37-28)27(36)32-16-14-30(2)15-17-32/h3-9,18,24H,10-17,19H2,1-2H3/t24-/m0/s1. The molecule has 8 nitrogen and oxygen atoms in total. The largest absolute Gasteiger partial charge is 0.353 e. The summed E-state index contributed by atoms with van der Waals surface area (Å²) in [5.74, 6) is -1.14. The minimum Gasteiger partial charge on any atom is -0.353 e. The Labute approximate surface area is 216 Å². The van der Waals surface area contributed by atoms with Crippen molar-refractivity contribution in [2.24, 2.45) is 0 Å². The van der Waals surface area contributed by atoms with Gasteiger partial charge in [-0.25, -0.2) is 4.39 Å². The Bertz CT molecular complexity index is 1190. The van der Waals surface area contributed by atoms with Crippen LogP contribution in [0.5, 0.6) is 0 Å². The van der Waals surface area contributed by atoms with Gasteiger partial charge in [-0.1, -0.05) is 24.3 Å². The van der Waals surface area contributed by atoms with Crippen LogP contribution in [0.15, 0.2) is 48.5 Å². The molecule has 0 unspecified atom stereocenters. The Morgan fingerprint density at radius 3 is 2.27 bits per heavy atom. The van der Waals surface area contributed by atoms with Crippen LogP contribution in [0.25, 0.3) is 0 Å². The normalized spacial score (nSPS) is 21.9. The van der Waals surface area contributed by atoms with Crippen molar-refractivity contribution in [3.05, 3.63) is 71.0 Å². The number of nitrogens with zero attached hydrogens (tertiary/aromatic N) is 4. The second-order valence-corrected chi connectivity index (χ2v) is 10.2. The van der Waals surface area contributed by atoms with Crippen molar-refractivity contribution in [2.45, 2.75) is 31.5 Å². The molecule has 0 bridgehead atoms. The van der Waals surface area contributed by atoms with Crippen LogP contribution in [-0.2, 0) is 9.53 Å². The predicted octanol–water partition coefficient (Wildman–Crippen LogP) is 2.38. The fourth-order valence-corrected chi connectivity index (χ4v) is 5.60. The Morgan fingerprint density at radius 2 is 1.59 bits per heavy atom. The lowest BCUT2D eigenvalue weighted by Crippen LogP contribution is -2.61. The minimum atomic E-state index is -1.03. The van der Waals surface area contributed by atoms with Crippen molar-refractivity contribution in [1.82, 2.24) is 19.6 Å². The van der Waals surface area contributed by atoms with E-state index in [1.807, 2.05) is 38.2 Å². The molecule has 0 N–H and O–H groups in total. The van der Waals surface area contributed by atoms with Gasteiger partial charge in [-0.05, 0) is 43.8 Å². The lowest BCUT2D eigenvalue weighted by molar-refractivity contribution is -0.139. The Balaban J connectivity index is 1.40. The summed E-state index contributed by atoms with van der Waals surface area (Å²) in [6.45, 7) is 5.45. The lowest BCUT2D eigenvalue weighted by atomic mass is 9.95. The predicted molar refractivity (Wildman–Crippen MR) is 135 cm³/mol. The molecular weight excluding hydrogens is 475 g/mol. The quantitative estimate of drug-likeness (QED) is 0.637. The van der Waals surface area contributed by atoms with Gasteiger partial charge in [0.05, 0.1) is 6.61 Å². The molecule has 2 aromatic carbocycles. The van der Waals surface area contributed by atoms with E-state index in [0.29, 0.717) is 44.6 Å². The highest BCUT2D eigenvalue weighted by atomic mass is 19.1. The monoisotopic (exact) mass is 508 g/mol. The van der Waals surface area contributed by atoms with E-state index in [-0.39, 0.29) is 24.0 Å². The molecule has 0 radical (unpaired) electrons. The number of piperazine rings is 1. The van der Waals surface area contributed by atoms with E-state index in [2.05, 4.69) is 4.90 Å². The van der Waals surface area contributed by atoms with Gasteiger partial charge in [0.1, 0.15) is 17.6 Å². The maximum absolute atomic E-state index is 14.0. The van der Waals surface area contributed by atoms with E-state index in [4.69, 9.17) is 4.74 Å². The molecule has 9 heteroatoms. The van der Waals surface area contributed by atoms with Crippen LogP contribution in [0.2, 0.25) is 0 Å². The molecule has 3 aliphatic heterocycles. The molecule has 5 rings (SSSR count). The fraction of sp³-hybridized carbons (Fsp3) is 0.464. The number of hydrogen-bond donors (Lipinski definition) is 0. The number of ether oxygens (including phenoxy) is 1. The highest BCUT2D eigenvalue weighted by molar-refractivity contribution is 5.99. The van der Waals surface area contributed by atoms with Crippen molar-refractivity contribution in [2.75, 3.05) is 52.9 Å². The molecule has 37 heavy (non-hydrogen) atoms. The third kappa shape index (κ3) is 4.85. The van der Waals surface area contributed by atoms with Gasteiger partial charge in [0.2, 0.25) is 5.91 Å². The molecule has 0 aliphatic carbocycles. The molecule has 196 valence electrons. The molecule has 3 fully saturated rings. The van der Waals surface area contributed by atoms with E-state index < -0.39 is 23.5 Å². The van der Waals surface area contributed by atoms with Gasteiger partial charge in [-0.2, -0.15) is 0 Å². The summed E-state index contributed by atoms with van der Waals surface area (Å²) in [5.41, 5.74) is 0.713. The van der Waals surface area contributed by atoms with Gasteiger partial charge in [0.15, 0.2) is 0 Å². The topological polar surface area (TPSA) is 73.4 Å². The van der Waals surface area contributed by atoms with Crippen LogP contribution in [0.1, 0.15) is 39.1 Å². The summed E-state index contributed by atoms with van der Waals surface area (Å²) in [4.78, 5) is 47.9. The van der Waals surface area contributed by atoms with Crippen LogP contribution in [-0.4, -0.2) is 102 Å². The van der Waals surface area contributed by atoms with Crippen molar-refractivity contribution in [1.29, 1.82) is 0 Å². The summed E-state index contributed by atoms with van der Waals surface area (Å²) < 4.78 is 20.3. The average molecular weight is 509 g/mol. The van der Waals surface area contributed by atoms with Gasteiger partial charge in [-0.15, -0.1) is 0 Å². The molecule has 0 aromatic heterocycles. The second-order valence-electron chi connectivity index (χ2n) is 10.2. The van der Waals surface area contributed by atoms with Gasteiger partial charge in [-0.3, -0.25) is 19.3 Å². The lowest BCUT2D eigenvalue weighted by Gasteiger charge is -2.45. The van der Waals surface area contributed by atoms with E-state index >= 15 is 0 Å². The number of hydrogen-bond acceptors (Lipinski definition) is 5. The first-order valence-corrected chi connectivity index (χ1v) is 12.8. The SMILES string of the molecule is Cc1ccccc1C(=O)N1CCC2(CC1)OC[C@@H](C(=O)N1CCN(C)CC1)N2C(=O)c1cccc(F)c1. The maximum atomic E-state index is 14.0. The number of piperidine rings is 1. The number of carbonyl (C=O) groups is 3. The van der Waals surface area contributed by atoms with Gasteiger partial charge in [0.25, 0.3) is 11.8 Å². The van der Waals surface area contributed by atoms with Crippen molar-refractivity contribution >= 4 is 17.7 Å². The number of rotatable bonds is 3. The summed E-state index contributed by atoms with van der Waals surface area (Å²) in [6, 6.07) is 12.2. The van der Waals surface area contributed by atoms with E-state index in [9.17, 15) is 18.8 Å². The van der Waals surface area contributed by atoms with Gasteiger partial charge < -0.3 is 19.4 Å². The van der Waals surface area contributed by atoms with Crippen LogP contribution < -0.4 is 0 Å². The summed E-state index contributed by atoms with van der Waals surface area (Å²) in [6.07, 6.45) is 0.746. The number of halogens is 1. The number of carbonyl (C=O) groups excluding carboxylic acids is 3. The molecule has 1 atom stereocenters. The average Bonchev–Trinajstić information content (AvgIpc) is 3.27. The first-order valence-electron chi connectivity index (χ1n) is 12.8. The molecular formula is C28H33FN4O4. The zero-order chi connectivity index (χ0) is 26.2. The number of aryl methyl sites for hydroxylation is 1. The third-order valence-corrected chi connectivity index (χ3v) is 7.86. The van der Waals surface area contributed by atoms with Crippen LogP contribution in [0.4, 0.5) is 4.39 Å². The molecule has 2 aromatic rings. The number of amides is 3. The highest BCUT2D eigenvalue weighted by Gasteiger charge is 2.55. The van der Waals surface area contributed by atoms with E-state index in [0.717, 1.165) is 18.7 Å². The summed E-state index contributed by atoms with van der Waals surface area (Å²) in [5, 5.41) is 0. The summed E-state index contributed by atoms with van der Waals surface area (Å²) >= 11 is 0. The minimum absolute atomic E-state index is 0.0565. The molecule has 0 saturated carbocycles. The first kappa shape index (κ1) is 25.4. The van der Waals surface area contributed by atoms with Crippen LogP contribution >= 0.6 is 0 Å². The van der Waals surface area contributed by atoms with Gasteiger partial charge in [0, 0.05) is 63.2 Å². The van der Waals surface area contributed by atoms with Crippen LogP contribution in [0, 0.1) is 12.7 Å². The Hall–Kier alpha value is -3.30. The van der Waals surface area contributed by atoms with Crippen molar-refractivity contribution in [3.8, 4) is 0 Å². The number of benzene rings is 2. The molecule has 3 heterocycles. The highest BCUT2D eigenvalue weighted by Crippen LogP contribution is 2.39. The van der Waals surface area contributed by atoms with E-state index in [1.54, 1.807) is 15.9 Å². The van der Waals surface area contributed by atoms with Crippen molar-refractivity contribution < 1.29 is 23.5 Å². The number of likely N-dealkylation sites (tertiary alicyclic amines) is 1. The fourth-order valence-electron chi connectivity index (χ4n) is 5.60.